The molecule has 2 N–H and O–H groups in total. The zero-order chi connectivity index (χ0) is 81.6. The third-order valence-electron chi connectivity index (χ3n) is 18.3. The maximum atomic E-state index is 15.9. The van der Waals surface area contributed by atoms with E-state index in [0.29, 0.717) is 55.8 Å². The Kier molecular flexibility index (Phi) is 54.1. The number of hydrogen-bond donors (Lipinski definition) is 2. The Morgan fingerprint density at radius 2 is 0.661 bits per heavy atom. The number of hydrogen-bond acceptors (Lipinski definition) is 14. The van der Waals surface area contributed by atoms with Gasteiger partial charge in [0.05, 0.1) is 0 Å². The van der Waals surface area contributed by atoms with Crippen molar-refractivity contribution in [2.45, 2.75) is 409 Å². The number of unbranched alkanes of at least 4 members (excludes halogenated alkanes) is 32. The Balaban J connectivity index is 3.72. The van der Waals surface area contributed by atoms with E-state index in [4.69, 9.17) is 40.0 Å². The molecule has 0 radical (unpaired) electrons. The second kappa shape index (κ2) is 58.2. The molecule has 1 unspecified atom stereocenters. The van der Waals surface area contributed by atoms with Crippen molar-refractivity contribution in [2.24, 2.45) is 0 Å². The van der Waals surface area contributed by atoms with Crippen molar-refractivity contribution in [2.75, 3.05) is 65.4 Å². The van der Waals surface area contributed by atoms with Gasteiger partial charge in [-0.05, 0) is 168 Å². The molecule has 0 aliphatic carbocycles. The lowest BCUT2D eigenvalue weighted by molar-refractivity contribution is -0.146. The summed E-state index contributed by atoms with van der Waals surface area (Å²) in [6.45, 7) is 32.0. The maximum Gasteiger partial charge on any atom is 0.417 e. The van der Waals surface area contributed by atoms with Crippen LogP contribution in [-0.2, 0) is 44.6 Å². The number of amides is 8. The average molecular weight is 1560 g/mol. The number of carbonyl (C=O) groups excluding carboxylic acids is 8. The predicted octanol–water partition coefficient (Wildman–Crippen LogP) is 23.0. The van der Waals surface area contributed by atoms with E-state index in [-0.39, 0.29) is 65.3 Å². The molecule has 0 spiro atoms. The summed E-state index contributed by atoms with van der Waals surface area (Å²) < 4.78 is 34.6. The van der Waals surface area contributed by atoms with Crippen molar-refractivity contribution < 1.29 is 66.8 Å². The summed E-state index contributed by atoms with van der Waals surface area (Å²) in [5, 5.41) is 6.02. The van der Waals surface area contributed by atoms with Crippen LogP contribution in [0.1, 0.15) is 374 Å². The monoisotopic (exact) mass is 1560 g/mol. The van der Waals surface area contributed by atoms with Gasteiger partial charge < -0.3 is 53.8 Å². The molecule has 109 heavy (non-hydrogen) atoms. The maximum absolute atomic E-state index is 15.9. The first-order chi connectivity index (χ1) is 51.5. The topological polar surface area (TPSA) is 232 Å². The molecule has 21 nitrogen and oxygen atoms in total. The zero-order valence-electron chi connectivity index (χ0n) is 72.1. The summed E-state index contributed by atoms with van der Waals surface area (Å²) in [5.74, 6) is -1.25. The highest BCUT2D eigenvalue weighted by Crippen LogP contribution is 2.25. The fourth-order valence-corrected chi connectivity index (χ4v) is 12.8. The number of benzene rings is 1. The summed E-state index contributed by atoms with van der Waals surface area (Å²) in [6.07, 6.45) is 36.6. The van der Waals surface area contributed by atoms with Gasteiger partial charge in [0.1, 0.15) is 47.2 Å². The number of halogens is 1. The first-order valence-electron chi connectivity index (χ1n) is 42.8. The summed E-state index contributed by atoms with van der Waals surface area (Å²) in [4.78, 5) is 121. The van der Waals surface area contributed by atoms with Gasteiger partial charge >= 0.3 is 36.6 Å². The SMILES string of the molecule is CCCCCCCCCCCCCCCCCCN(CCCCCCCCCCCCCCCCCC)C(=O)C(CCCCNC(=O)OCc1ccccc1Cl)N(C(=O)CN(CCCN(CCCCN(CCCNC(=O)OC(C)(C)C)C(=O)OC(C)(C)C)C(=O)OC(C)(C)C)C(=O)OC(C)(C)C)C(=O)OC(C)(C)C. The van der Waals surface area contributed by atoms with Crippen molar-refractivity contribution in [1.82, 2.24) is 35.1 Å². The number of nitrogens with one attached hydrogen (secondary N) is 2. The molecule has 0 aliphatic heterocycles. The van der Waals surface area contributed by atoms with Gasteiger partial charge in [-0.2, -0.15) is 0 Å². The Morgan fingerprint density at radius 3 is 1.06 bits per heavy atom. The second-order valence-electron chi connectivity index (χ2n) is 35.0. The molecule has 0 bridgehead atoms. The lowest BCUT2D eigenvalue weighted by atomic mass is 10.0. The molecule has 1 aromatic carbocycles. The number of nitrogens with zero attached hydrogens (tertiary/aromatic N) is 5. The summed E-state index contributed by atoms with van der Waals surface area (Å²) >= 11 is 6.35. The van der Waals surface area contributed by atoms with Gasteiger partial charge in [-0.15, -0.1) is 0 Å². The van der Waals surface area contributed by atoms with Crippen LogP contribution in [-0.4, -0.2) is 172 Å². The van der Waals surface area contributed by atoms with Crippen molar-refractivity contribution in [3.63, 3.8) is 0 Å². The van der Waals surface area contributed by atoms with Crippen LogP contribution in [0, 0.1) is 0 Å². The number of carbonyl (C=O) groups is 8. The minimum absolute atomic E-state index is 0.0205. The largest absolute Gasteiger partial charge is 0.445 e. The molecule has 0 heterocycles. The lowest BCUT2D eigenvalue weighted by Crippen LogP contribution is -2.57. The molecular weight excluding hydrogens is 1400 g/mol. The molecule has 0 saturated heterocycles. The molecule has 0 aromatic heterocycles. The predicted molar refractivity (Wildman–Crippen MR) is 442 cm³/mol. The van der Waals surface area contributed by atoms with Gasteiger partial charge in [0.2, 0.25) is 5.91 Å². The lowest BCUT2D eigenvalue weighted by Gasteiger charge is -2.36. The molecule has 0 saturated carbocycles. The van der Waals surface area contributed by atoms with Crippen molar-refractivity contribution in [1.29, 1.82) is 0 Å². The van der Waals surface area contributed by atoms with Crippen LogP contribution in [0.25, 0.3) is 0 Å². The van der Waals surface area contributed by atoms with E-state index in [1.54, 1.807) is 127 Å². The van der Waals surface area contributed by atoms with Crippen LogP contribution in [0.2, 0.25) is 5.02 Å². The fraction of sp³-hybridized carbons (Fsp3) is 0.839. The molecule has 1 aromatic rings. The standard InChI is InChI=1S/C87H158ClN7O14/c1-18-20-22-24-26-28-30-32-34-36-38-40-42-44-46-52-63-91(64-53-47-45-43-41-39-37-35-33-31-29-27-25-23-21-19-2)76(97)74(60-50-51-61-89-77(98)104-71-72-58-48-49-59-73(72)88)95(82(103)109-87(15,16)17)75(96)70-94(81(102)108-86(12,13)14)69-57-68-93(80(101)107-85(9,10)11)66-55-54-65-92(79(100)106-84(6,7)8)67-56-62-90-78(99)105-83(3,4)5/h48-49,58-59,74H,18-47,50-57,60-71H2,1-17H3,(H,89,98)(H,90,99). The number of alkyl carbamates (subject to hydrolysis) is 2. The first-order valence-corrected chi connectivity index (χ1v) is 43.2. The van der Waals surface area contributed by atoms with E-state index in [9.17, 15) is 24.0 Å². The van der Waals surface area contributed by atoms with E-state index in [2.05, 4.69) is 24.5 Å². The van der Waals surface area contributed by atoms with E-state index in [0.717, 1.165) is 56.3 Å². The molecule has 632 valence electrons. The average Bonchev–Trinajstić information content (AvgIpc) is 0.811. The number of rotatable bonds is 58. The van der Waals surface area contributed by atoms with Gasteiger partial charge in [-0.1, -0.05) is 236 Å². The Bertz CT molecular complexity index is 2590. The Hall–Kier alpha value is -5.73. The quantitative estimate of drug-likeness (QED) is 0.0456. The third kappa shape index (κ3) is 56.2. The molecule has 1 rings (SSSR count). The summed E-state index contributed by atoms with van der Waals surface area (Å²) in [6, 6.07) is 5.74. The van der Waals surface area contributed by atoms with E-state index >= 15 is 14.4 Å². The minimum atomic E-state index is -1.36. The van der Waals surface area contributed by atoms with Gasteiger partial charge in [0, 0.05) is 69.5 Å². The highest BCUT2D eigenvalue weighted by atomic mass is 35.5. The van der Waals surface area contributed by atoms with E-state index in [1.165, 1.54) is 164 Å². The van der Waals surface area contributed by atoms with Crippen molar-refractivity contribution in [3.05, 3.63) is 34.9 Å². The first kappa shape index (κ1) is 101. The third-order valence-corrected chi connectivity index (χ3v) is 18.7. The number of imide groups is 1. The molecule has 8 amide bonds. The number of ether oxygens (including phenoxy) is 6. The van der Waals surface area contributed by atoms with Crippen molar-refractivity contribution >= 4 is 60.0 Å². The van der Waals surface area contributed by atoms with Crippen LogP contribution >= 0.6 is 11.6 Å². The second-order valence-corrected chi connectivity index (χ2v) is 35.4. The summed E-state index contributed by atoms with van der Waals surface area (Å²) in [7, 11) is 0. The smallest absolute Gasteiger partial charge is 0.417 e. The molecule has 0 fully saturated rings. The van der Waals surface area contributed by atoms with Crippen LogP contribution in [0.5, 0.6) is 0 Å². The van der Waals surface area contributed by atoms with Crippen LogP contribution in [0.15, 0.2) is 24.3 Å². The highest BCUT2D eigenvalue weighted by Gasteiger charge is 2.41. The summed E-state index contributed by atoms with van der Waals surface area (Å²) in [5.41, 5.74) is -3.77. The molecule has 0 aliphatic rings. The normalized spacial score (nSPS) is 12.2. The van der Waals surface area contributed by atoms with Crippen LogP contribution < -0.4 is 10.6 Å². The van der Waals surface area contributed by atoms with Gasteiger partial charge in [-0.3, -0.25) is 14.5 Å². The van der Waals surface area contributed by atoms with Crippen LogP contribution in [0.3, 0.4) is 0 Å². The van der Waals surface area contributed by atoms with Crippen molar-refractivity contribution in [3.8, 4) is 0 Å². The molecule has 1 atom stereocenters. The Morgan fingerprint density at radius 1 is 0.349 bits per heavy atom. The highest BCUT2D eigenvalue weighted by molar-refractivity contribution is 6.31. The molecular formula is C87H158ClN7O14. The zero-order valence-corrected chi connectivity index (χ0v) is 72.8. The van der Waals surface area contributed by atoms with Gasteiger partial charge in [-0.25, -0.2) is 33.7 Å². The Labute approximate surface area is 667 Å². The van der Waals surface area contributed by atoms with Crippen LogP contribution in [0.4, 0.5) is 28.8 Å². The van der Waals surface area contributed by atoms with Gasteiger partial charge in [0.15, 0.2) is 0 Å². The van der Waals surface area contributed by atoms with E-state index in [1.807, 2.05) is 11.0 Å². The minimum Gasteiger partial charge on any atom is -0.445 e. The fourth-order valence-electron chi connectivity index (χ4n) is 12.7. The van der Waals surface area contributed by atoms with Gasteiger partial charge in [0.25, 0.3) is 5.91 Å². The molecule has 22 heteroatoms. The van der Waals surface area contributed by atoms with E-state index < -0.39 is 89.0 Å².